The smallest absolute Gasteiger partial charge is 0.220 e. The van der Waals surface area contributed by atoms with Crippen LogP contribution in [0.4, 0.5) is 0 Å². The van der Waals surface area contributed by atoms with E-state index in [9.17, 15) is 4.79 Å². The minimum Gasteiger partial charge on any atom is -0.378 e. The molecule has 1 N–H and O–H groups in total. The van der Waals surface area contributed by atoms with Crippen molar-refractivity contribution < 1.29 is 9.53 Å². The zero-order valence-corrected chi connectivity index (χ0v) is 11.6. The molecule has 1 fully saturated rings. The van der Waals surface area contributed by atoms with Crippen LogP contribution in [0.3, 0.4) is 0 Å². The molecule has 0 saturated carbocycles. The Morgan fingerprint density at radius 3 is 2.82 bits per heavy atom. The van der Waals surface area contributed by atoms with Gasteiger partial charge in [0.2, 0.25) is 5.91 Å². The second kappa shape index (κ2) is 7.93. The Hall–Kier alpha value is -0.280. The third kappa shape index (κ3) is 5.73. The molecule has 1 aliphatic heterocycles. The summed E-state index contributed by atoms with van der Waals surface area (Å²) in [6.45, 7) is 4.90. The van der Waals surface area contributed by atoms with Crippen LogP contribution in [-0.2, 0) is 9.53 Å². The third-order valence-corrected chi connectivity index (χ3v) is 3.94. The summed E-state index contributed by atoms with van der Waals surface area (Å²) in [5.74, 6) is 1.00. The first-order valence-electron chi connectivity index (χ1n) is 6.60. The highest BCUT2D eigenvalue weighted by atomic mass is 35.5. The predicted octanol–water partition coefficient (Wildman–Crippen LogP) is 2.72. The van der Waals surface area contributed by atoms with E-state index in [2.05, 4.69) is 5.32 Å². The molecule has 3 atom stereocenters. The molecule has 4 heteroatoms. The first kappa shape index (κ1) is 14.8. The van der Waals surface area contributed by atoms with Gasteiger partial charge in [-0.2, -0.15) is 0 Å². The first-order valence-corrected chi connectivity index (χ1v) is 7.14. The van der Waals surface area contributed by atoms with E-state index in [0.29, 0.717) is 18.2 Å². The molecule has 1 aliphatic rings. The van der Waals surface area contributed by atoms with Gasteiger partial charge in [-0.1, -0.05) is 6.92 Å². The fraction of sp³-hybridized carbons (Fsp3) is 0.923. The molecule has 1 amide bonds. The van der Waals surface area contributed by atoms with Gasteiger partial charge in [-0.25, -0.2) is 0 Å². The highest BCUT2D eigenvalue weighted by Crippen LogP contribution is 2.17. The summed E-state index contributed by atoms with van der Waals surface area (Å²) in [6.07, 6.45) is 5.17. The van der Waals surface area contributed by atoms with Crippen molar-refractivity contribution in [1.82, 2.24) is 5.32 Å². The Morgan fingerprint density at radius 2 is 2.24 bits per heavy atom. The van der Waals surface area contributed by atoms with Crippen molar-refractivity contribution in [3.8, 4) is 0 Å². The van der Waals surface area contributed by atoms with Crippen molar-refractivity contribution in [2.24, 2.45) is 5.92 Å². The minimum absolute atomic E-state index is 0.114. The molecule has 3 nitrogen and oxygen atoms in total. The second-order valence-corrected chi connectivity index (χ2v) is 5.32. The van der Waals surface area contributed by atoms with Gasteiger partial charge in [-0.3, -0.25) is 4.79 Å². The molecule has 0 aromatic carbocycles. The summed E-state index contributed by atoms with van der Waals surface area (Å²) < 4.78 is 5.60. The number of carbonyl (C=O) groups is 1. The number of halogens is 1. The van der Waals surface area contributed by atoms with E-state index >= 15 is 0 Å². The highest BCUT2D eigenvalue weighted by Gasteiger charge is 2.17. The summed E-state index contributed by atoms with van der Waals surface area (Å²) in [5, 5.41) is 2.99. The van der Waals surface area contributed by atoms with Crippen LogP contribution < -0.4 is 5.32 Å². The van der Waals surface area contributed by atoms with E-state index in [1.165, 1.54) is 6.42 Å². The van der Waals surface area contributed by atoms with Crippen LogP contribution in [0.2, 0.25) is 0 Å². The van der Waals surface area contributed by atoms with Crippen LogP contribution in [0.25, 0.3) is 0 Å². The third-order valence-electron chi connectivity index (χ3n) is 3.45. The summed E-state index contributed by atoms with van der Waals surface area (Å²) in [5.41, 5.74) is 0. The predicted molar refractivity (Wildman–Crippen MR) is 70.3 cm³/mol. The van der Waals surface area contributed by atoms with Gasteiger partial charge >= 0.3 is 0 Å². The van der Waals surface area contributed by atoms with Crippen LogP contribution in [-0.4, -0.2) is 30.5 Å². The summed E-state index contributed by atoms with van der Waals surface area (Å²) in [6, 6.07) is 0.146. The van der Waals surface area contributed by atoms with E-state index in [0.717, 1.165) is 25.9 Å². The van der Waals surface area contributed by atoms with Crippen molar-refractivity contribution in [2.45, 2.75) is 58.1 Å². The number of nitrogens with one attached hydrogen (secondary N) is 1. The van der Waals surface area contributed by atoms with Crippen molar-refractivity contribution in [2.75, 3.05) is 12.5 Å². The molecular weight excluding hydrogens is 238 g/mol. The van der Waals surface area contributed by atoms with Crippen LogP contribution in [0.15, 0.2) is 0 Å². The average Bonchev–Trinajstić information content (AvgIpc) is 2.36. The van der Waals surface area contributed by atoms with Crippen LogP contribution in [0.5, 0.6) is 0 Å². The topological polar surface area (TPSA) is 38.3 Å². The highest BCUT2D eigenvalue weighted by molar-refractivity contribution is 6.18. The van der Waals surface area contributed by atoms with E-state index in [4.69, 9.17) is 16.3 Å². The van der Waals surface area contributed by atoms with Gasteiger partial charge in [0, 0.05) is 24.9 Å². The van der Waals surface area contributed by atoms with E-state index in [1.807, 2.05) is 13.8 Å². The van der Waals surface area contributed by atoms with Crippen LogP contribution in [0, 0.1) is 5.92 Å². The fourth-order valence-corrected chi connectivity index (χ4v) is 2.20. The molecule has 17 heavy (non-hydrogen) atoms. The molecule has 100 valence electrons. The SMILES string of the molecule is CC(CCl)C(C)NC(=O)CCC1CCCCO1. The standard InChI is InChI=1S/C13H24ClNO2/c1-10(9-14)11(2)15-13(16)7-6-12-5-3-4-8-17-12/h10-12H,3-9H2,1-2H3,(H,15,16). The maximum absolute atomic E-state index is 11.7. The van der Waals surface area contributed by atoms with Gasteiger partial charge in [0.05, 0.1) is 6.10 Å². The Labute approximate surface area is 109 Å². The van der Waals surface area contributed by atoms with Crippen molar-refractivity contribution in [1.29, 1.82) is 0 Å². The largest absolute Gasteiger partial charge is 0.378 e. The molecule has 1 rings (SSSR count). The molecule has 1 heterocycles. The molecule has 0 radical (unpaired) electrons. The van der Waals surface area contributed by atoms with Crippen molar-refractivity contribution >= 4 is 17.5 Å². The maximum atomic E-state index is 11.7. The lowest BCUT2D eigenvalue weighted by Gasteiger charge is -2.23. The molecule has 0 aromatic heterocycles. The van der Waals surface area contributed by atoms with Gasteiger partial charge in [-0.05, 0) is 38.5 Å². The molecule has 0 aromatic rings. The Morgan fingerprint density at radius 1 is 1.47 bits per heavy atom. The first-order chi connectivity index (χ1) is 8.13. The summed E-state index contributed by atoms with van der Waals surface area (Å²) >= 11 is 5.76. The number of ether oxygens (including phenoxy) is 1. The van der Waals surface area contributed by atoms with E-state index in [-0.39, 0.29) is 18.1 Å². The number of carbonyl (C=O) groups excluding carboxylic acids is 1. The number of hydrogen-bond acceptors (Lipinski definition) is 2. The van der Waals surface area contributed by atoms with Gasteiger partial charge in [0.15, 0.2) is 0 Å². The lowest BCUT2D eigenvalue weighted by molar-refractivity contribution is -0.123. The van der Waals surface area contributed by atoms with E-state index < -0.39 is 0 Å². The Balaban J connectivity index is 2.15. The number of amides is 1. The molecule has 3 unspecified atom stereocenters. The zero-order chi connectivity index (χ0) is 12.7. The minimum atomic E-state index is 0.114. The van der Waals surface area contributed by atoms with Gasteiger partial charge in [-0.15, -0.1) is 11.6 Å². The maximum Gasteiger partial charge on any atom is 0.220 e. The normalized spacial score (nSPS) is 24.1. The number of hydrogen-bond donors (Lipinski definition) is 1. The van der Waals surface area contributed by atoms with Gasteiger partial charge in [0.25, 0.3) is 0 Å². The van der Waals surface area contributed by atoms with Gasteiger partial charge < -0.3 is 10.1 Å². The zero-order valence-electron chi connectivity index (χ0n) is 10.9. The molecule has 1 saturated heterocycles. The van der Waals surface area contributed by atoms with Gasteiger partial charge in [0.1, 0.15) is 0 Å². The molecule has 0 aliphatic carbocycles. The Kier molecular flexibility index (Phi) is 6.90. The van der Waals surface area contributed by atoms with E-state index in [1.54, 1.807) is 0 Å². The lowest BCUT2D eigenvalue weighted by atomic mass is 10.0. The van der Waals surface area contributed by atoms with Crippen molar-refractivity contribution in [3.63, 3.8) is 0 Å². The molecular formula is C13H24ClNO2. The van der Waals surface area contributed by atoms with Crippen molar-refractivity contribution in [3.05, 3.63) is 0 Å². The number of rotatable bonds is 6. The van der Waals surface area contributed by atoms with Crippen LogP contribution in [0.1, 0.15) is 46.0 Å². The quantitative estimate of drug-likeness (QED) is 0.747. The fourth-order valence-electron chi connectivity index (χ4n) is 1.93. The van der Waals surface area contributed by atoms with Crippen LogP contribution >= 0.6 is 11.6 Å². The summed E-state index contributed by atoms with van der Waals surface area (Å²) in [4.78, 5) is 11.7. The Bertz CT molecular complexity index is 229. The number of alkyl halides is 1. The average molecular weight is 262 g/mol. The monoisotopic (exact) mass is 261 g/mol. The summed E-state index contributed by atoms with van der Waals surface area (Å²) in [7, 11) is 0. The molecule has 0 bridgehead atoms. The molecule has 0 spiro atoms. The second-order valence-electron chi connectivity index (χ2n) is 5.02. The lowest BCUT2D eigenvalue weighted by Crippen LogP contribution is -2.38.